The number of anilines is 1. The average molecular weight is 517 g/mol. The van der Waals surface area contributed by atoms with E-state index in [9.17, 15) is 5.11 Å². The zero-order chi connectivity index (χ0) is 23.9. The lowest BCUT2D eigenvalue weighted by Gasteiger charge is -2.15. The van der Waals surface area contributed by atoms with Gasteiger partial charge in [-0.05, 0) is 30.7 Å². The van der Waals surface area contributed by atoms with Crippen molar-refractivity contribution in [2.24, 2.45) is 5.10 Å². The van der Waals surface area contributed by atoms with Crippen LogP contribution in [0.1, 0.15) is 18.9 Å². The first-order valence-corrected chi connectivity index (χ1v) is 11.8. The molecule has 0 fully saturated rings. The quantitative estimate of drug-likeness (QED) is 0.212. The number of nitrogens with zero attached hydrogens (tertiary/aromatic N) is 4. The van der Waals surface area contributed by atoms with Crippen molar-refractivity contribution >= 4 is 28.0 Å². The molecule has 0 radical (unpaired) electrons. The molecule has 172 valence electrons. The van der Waals surface area contributed by atoms with Gasteiger partial charge in [-0.15, -0.1) is 0 Å². The fourth-order valence-corrected chi connectivity index (χ4v) is 3.50. The second kappa shape index (κ2) is 10.9. The van der Waals surface area contributed by atoms with Crippen LogP contribution in [0.4, 0.5) is 5.82 Å². The predicted octanol–water partition coefficient (Wildman–Crippen LogP) is 6.54. The molecule has 0 aliphatic carbocycles. The molecule has 0 amide bonds. The second-order valence-electron chi connectivity index (χ2n) is 7.65. The van der Waals surface area contributed by atoms with Crippen LogP contribution in [0, 0.1) is 0 Å². The van der Waals surface area contributed by atoms with Gasteiger partial charge in [0.15, 0.2) is 11.6 Å². The van der Waals surface area contributed by atoms with Crippen LogP contribution in [0.15, 0.2) is 88.4 Å². The molecule has 0 saturated heterocycles. The number of halogens is 1. The van der Waals surface area contributed by atoms with Gasteiger partial charge >= 0.3 is 0 Å². The lowest BCUT2D eigenvalue weighted by atomic mass is 10.1. The van der Waals surface area contributed by atoms with Gasteiger partial charge in [0.1, 0.15) is 11.5 Å². The summed E-state index contributed by atoms with van der Waals surface area (Å²) < 4.78 is 6.56. The number of rotatable bonds is 8. The molecule has 7 heteroatoms. The van der Waals surface area contributed by atoms with Crippen molar-refractivity contribution in [1.29, 1.82) is 0 Å². The Bertz CT molecular complexity index is 1280. The molecule has 0 atom stereocenters. The Labute approximate surface area is 207 Å². The lowest BCUT2D eigenvalue weighted by molar-refractivity contribution is 0.315. The first kappa shape index (κ1) is 23.4. The first-order chi connectivity index (χ1) is 16.5. The number of hydrogen-bond donors (Lipinski definition) is 1. The van der Waals surface area contributed by atoms with E-state index in [0.717, 1.165) is 27.7 Å². The van der Waals surface area contributed by atoms with Crippen molar-refractivity contribution < 1.29 is 9.84 Å². The minimum absolute atomic E-state index is 0.106. The highest BCUT2D eigenvalue weighted by molar-refractivity contribution is 9.10. The van der Waals surface area contributed by atoms with Crippen LogP contribution in [0.25, 0.3) is 22.6 Å². The molecule has 0 aliphatic rings. The lowest BCUT2D eigenvalue weighted by Crippen LogP contribution is -2.12. The summed E-state index contributed by atoms with van der Waals surface area (Å²) in [5.74, 6) is 1.97. The van der Waals surface area contributed by atoms with Crippen molar-refractivity contribution in [3.63, 3.8) is 0 Å². The van der Waals surface area contributed by atoms with Gasteiger partial charge in [-0.3, -0.25) is 5.01 Å². The topological polar surface area (TPSA) is 70.8 Å². The minimum Gasteiger partial charge on any atom is -0.507 e. The third-order valence-corrected chi connectivity index (χ3v) is 5.59. The number of ether oxygens (including phenoxy) is 1. The molecule has 4 rings (SSSR count). The molecule has 0 spiro atoms. The molecule has 3 aromatic carbocycles. The van der Waals surface area contributed by atoms with Crippen LogP contribution in [0.5, 0.6) is 11.5 Å². The summed E-state index contributed by atoms with van der Waals surface area (Å²) in [5.41, 5.74) is 3.27. The zero-order valence-electron chi connectivity index (χ0n) is 19.0. The van der Waals surface area contributed by atoms with Crippen molar-refractivity contribution in [1.82, 2.24) is 9.97 Å². The van der Waals surface area contributed by atoms with Crippen molar-refractivity contribution in [3.05, 3.63) is 88.9 Å². The highest BCUT2D eigenvalue weighted by Crippen LogP contribution is 2.27. The molecule has 0 aliphatic heterocycles. The number of hydrogen-bond acceptors (Lipinski definition) is 6. The Morgan fingerprint density at radius 1 is 0.971 bits per heavy atom. The Hall–Kier alpha value is -3.71. The predicted molar refractivity (Wildman–Crippen MR) is 140 cm³/mol. The number of aromatic hydroxyl groups is 1. The molecule has 0 unspecified atom stereocenters. The zero-order valence-corrected chi connectivity index (χ0v) is 20.6. The Morgan fingerprint density at radius 2 is 1.74 bits per heavy atom. The maximum absolute atomic E-state index is 10.4. The SMILES string of the molecule is CCCOc1ccc(/C=N\N(C)c2cc(-c3ccccc3)nc(-c3ccc(Br)cc3)n2)c(O)c1. The highest BCUT2D eigenvalue weighted by Gasteiger charge is 2.12. The Morgan fingerprint density at radius 3 is 2.44 bits per heavy atom. The first-order valence-electron chi connectivity index (χ1n) is 11.0. The largest absolute Gasteiger partial charge is 0.507 e. The number of phenols is 1. The van der Waals surface area contributed by atoms with Gasteiger partial charge in [-0.25, -0.2) is 9.97 Å². The normalized spacial score (nSPS) is 11.0. The van der Waals surface area contributed by atoms with Crippen LogP contribution < -0.4 is 9.75 Å². The molecule has 1 heterocycles. The van der Waals surface area contributed by atoms with Crippen LogP contribution in [0.3, 0.4) is 0 Å². The van der Waals surface area contributed by atoms with Crippen LogP contribution >= 0.6 is 15.9 Å². The summed E-state index contributed by atoms with van der Waals surface area (Å²) in [5, 5.41) is 16.5. The Balaban J connectivity index is 1.66. The molecule has 34 heavy (non-hydrogen) atoms. The van der Waals surface area contributed by atoms with Crippen LogP contribution in [-0.2, 0) is 0 Å². The molecule has 1 aromatic heterocycles. The number of aromatic nitrogens is 2. The van der Waals surface area contributed by atoms with E-state index < -0.39 is 0 Å². The number of phenolic OH excluding ortho intramolecular Hbond substituents is 1. The molecule has 4 aromatic rings. The van der Waals surface area contributed by atoms with E-state index in [-0.39, 0.29) is 5.75 Å². The fourth-order valence-electron chi connectivity index (χ4n) is 3.24. The molecular weight excluding hydrogens is 492 g/mol. The van der Waals surface area contributed by atoms with Crippen LogP contribution in [-0.4, -0.2) is 34.9 Å². The monoisotopic (exact) mass is 516 g/mol. The van der Waals surface area contributed by atoms with E-state index in [2.05, 4.69) is 21.0 Å². The molecule has 0 bridgehead atoms. The minimum atomic E-state index is 0.106. The van der Waals surface area contributed by atoms with Crippen molar-refractivity contribution in [2.75, 3.05) is 18.7 Å². The van der Waals surface area contributed by atoms with Gasteiger partial charge in [-0.1, -0.05) is 65.3 Å². The van der Waals surface area contributed by atoms with Gasteiger partial charge in [0, 0.05) is 40.3 Å². The Kier molecular flexibility index (Phi) is 7.54. The van der Waals surface area contributed by atoms with Gasteiger partial charge < -0.3 is 9.84 Å². The third-order valence-electron chi connectivity index (χ3n) is 5.06. The summed E-state index contributed by atoms with van der Waals surface area (Å²) in [7, 11) is 1.81. The highest BCUT2D eigenvalue weighted by atomic mass is 79.9. The summed E-state index contributed by atoms with van der Waals surface area (Å²) in [6, 6.07) is 24.9. The second-order valence-corrected chi connectivity index (χ2v) is 8.56. The van der Waals surface area contributed by atoms with E-state index in [4.69, 9.17) is 14.7 Å². The van der Waals surface area contributed by atoms with Gasteiger partial charge in [0.2, 0.25) is 0 Å². The van der Waals surface area contributed by atoms with E-state index in [1.165, 1.54) is 0 Å². The molecule has 0 saturated carbocycles. The summed E-state index contributed by atoms with van der Waals surface area (Å²) in [6.45, 7) is 2.64. The molecule has 1 N–H and O–H groups in total. The van der Waals surface area contributed by atoms with Crippen molar-refractivity contribution in [3.8, 4) is 34.1 Å². The van der Waals surface area contributed by atoms with Gasteiger partial charge in [0.25, 0.3) is 0 Å². The smallest absolute Gasteiger partial charge is 0.162 e. The van der Waals surface area contributed by atoms with E-state index in [0.29, 0.717) is 29.6 Å². The van der Waals surface area contributed by atoms with E-state index in [1.54, 1.807) is 23.4 Å². The van der Waals surface area contributed by atoms with Crippen LogP contribution in [0.2, 0.25) is 0 Å². The third kappa shape index (κ3) is 5.80. The summed E-state index contributed by atoms with van der Waals surface area (Å²) >= 11 is 3.48. The van der Waals surface area contributed by atoms with E-state index >= 15 is 0 Å². The number of hydrazone groups is 1. The van der Waals surface area contributed by atoms with E-state index in [1.807, 2.05) is 80.7 Å². The summed E-state index contributed by atoms with van der Waals surface area (Å²) in [6.07, 6.45) is 2.50. The fraction of sp³-hybridized carbons (Fsp3) is 0.148. The summed E-state index contributed by atoms with van der Waals surface area (Å²) in [4.78, 5) is 9.54. The average Bonchev–Trinajstić information content (AvgIpc) is 2.87. The maximum atomic E-state index is 10.4. The maximum Gasteiger partial charge on any atom is 0.162 e. The molecule has 6 nitrogen and oxygen atoms in total. The number of benzene rings is 3. The van der Waals surface area contributed by atoms with Crippen molar-refractivity contribution in [2.45, 2.75) is 13.3 Å². The standard InChI is InChI=1S/C27H25BrN4O2/c1-3-15-34-23-14-11-21(25(33)16-23)18-29-32(2)26-17-24(19-7-5-4-6-8-19)30-27(31-26)20-9-12-22(28)13-10-20/h4-14,16-18,33H,3,15H2,1-2H3/b29-18-. The molecular formula is C27H25BrN4O2. The van der Waals surface area contributed by atoms with Gasteiger partial charge in [-0.2, -0.15) is 5.10 Å². The van der Waals surface area contributed by atoms with Gasteiger partial charge in [0.05, 0.1) is 18.5 Å².